The predicted octanol–water partition coefficient (Wildman–Crippen LogP) is 3.36. The van der Waals surface area contributed by atoms with Gasteiger partial charge in [-0.3, -0.25) is 14.4 Å². The minimum Gasteiger partial charge on any atom is -0.511 e. The Bertz CT molecular complexity index is 1600. The topological polar surface area (TPSA) is 179 Å². The van der Waals surface area contributed by atoms with Gasteiger partial charge < -0.3 is 36.0 Å². The van der Waals surface area contributed by atoms with Gasteiger partial charge >= 0.3 is 6.09 Å². The number of primary amides is 1. The number of phenols is 1. The Hall–Kier alpha value is -4.80. The van der Waals surface area contributed by atoms with Gasteiger partial charge in [-0.25, -0.2) is 4.79 Å². The van der Waals surface area contributed by atoms with E-state index in [0.717, 1.165) is 5.56 Å². The number of fused-ring (bicyclic) bond motifs is 3. The number of carbonyl (C=O) groups is 4. The van der Waals surface area contributed by atoms with Gasteiger partial charge in [-0.1, -0.05) is 24.6 Å². The molecule has 2 aromatic rings. The minimum absolute atomic E-state index is 0.00451. The van der Waals surface area contributed by atoms with Crippen molar-refractivity contribution in [1.82, 2.24) is 5.32 Å². The van der Waals surface area contributed by atoms with Crippen molar-refractivity contribution in [1.29, 1.82) is 0 Å². The van der Waals surface area contributed by atoms with Crippen LogP contribution in [0.15, 0.2) is 47.2 Å². The molecule has 0 aromatic heterocycles. The summed E-state index contributed by atoms with van der Waals surface area (Å²) in [5.41, 5.74) is 6.40. The molecule has 42 heavy (non-hydrogen) atoms. The molecule has 1 fully saturated rings. The lowest BCUT2D eigenvalue weighted by Gasteiger charge is -2.47. The third-order valence-corrected chi connectivity index (χ3v) is 8.48. The number of anilines is 1. The number of hydrogen-bond acceptors (Lipinski definition) is 9. The summed E-state index contributed by atoms with van der Waals surface area (Å²) < 4.78 is 5.30. The highest BCUT2D eigenvalue weighted by Crippen LogP contribution is 2.57. The molecule has 11 nitrogen and oxygen atoms in total. The highest BCUT2D eigenvalue weighted by molar-refractivity contribution is 6.21. The van der Waals surface area contributed by atoms with E-state index < -0.39 is 57.9 Å². The smallest absolute Gasteiger partial charge is 0.412 e. The van der Waals surface area contributed by atoms with Crippen molar-refractivity contribution in [2.45, 2.75) is 39.7 Å². The Morgan fingerprint density at radius 2 is 1.81 bits per heavy atom. The Morgan fingerprint density at radius 1 is 1.14 bits per heavy atom. The number of aliphatic hydroxyl groups is 2. The summed E-state index contributed by atoms with van der Waals surface area (Å²) in [7, 11) is 3.59. The highest BCUT2D eigenvalue weighted by atomic mass is 16.6. The Kier molecular flexibility index (Phi) is 7.00. The summed E-state index contributed by atoms with van der Waals surface area (Å²) in [4.78, 5) is 52.7. The molecule has 11 heteroatoms. The first-order valence-corrected chi connectivity index (χ1v) is 13.5. The van der Waals surface area contributed by atoms with E-state index in [1.165, 1.54) is 0 Å². The van der Waals surface area contributed by atoms with Crippen LogP contribution in [0.4, 0.5) is 10.5 Å². The van der Waals surface area contributed by atoms with Gasteiger partial charge in [-0.05, 0) is 49.4 Å². The first-order valence-electron chi connectivity index (χ1n) is 13.5. The lowest BCUT2D eigenvalue weighted by molar-refractivity contribution is -0.128. The van der Waals surface area contributed by atoms with Gasteiger partial charge in [0.15, 0.2) is 11.6 Å². The molecule has 3 unspecified atom stereocenters. The van der Waals surface area contributed by atoms with Crippen molar-refractivity contribution in [3.63, 3.8) is 0 Å². The normalized spacial score (nSPS) is 23.1. The number of Topliss-reactive ketones (excluding diaryl/α,β-unsaturated/α-hetero) is 2. The maximum absolute atomic E-state index is 13.9. The van der Waals surface area contributed by atoms with E-state index >= 15 is 0 Å². The van der Waals surface area contributed by atoms with E-state index in [4.69, 9.17) is 10.5 Å². The fourth-order valence-electron chi connectivity index (χ4n) is 6.62. The highest BCUT2D eigenvalue weighted by Gasteiger charge is 2.55. The Morgan fingerprint density at radius 3 is 2.43 bits per heavy atom. The monoisotopic (exact) mass is 575 g/mol. The molecular formula is C31H33N3O8. The number of phenolic OH excluding ortho intramolecular Hbond substituents is 1. The quantitative estimate of drug-likeness (QED) is 0.334. The molecule has 0 heterocycles. The van der Waals surface area contributed by atoms with Crippen molar-refractivity contribution in [3.8, 4) is 11.5 Å². The average molecular weight is 576 g/mol. The van der Waals surface area contributed by atoms with Gasteiger partial charge in [0.25, 0.3) is 5.91 Å². The zero-order chi connectivity index (χ0) is 30.7. The van der Waals surface area contributed by atoms with Gasteiger partial charge in [0.2, 0.25) is 0 Å². The molecule has 3 aliphatic rings. The molecular weight excluding hydrogens is 542 g/mol. The standard InChI is InChI=1S/C31H33N3O8/c1-14-5-7-17(8-6-14)42-30(41)33-13-16-9-19(34(3)4)18-12-31(2)11-15-10-20(35)23(29(32)40)26(37)21(15)27(38)24(31)28(39)22(18)25(16)36/h5-9,15,21,36-37,39H,10-13H2,1-4H3,(H2,32,40)(H,33,41). The Balaban J connectivity index is 1.54. The number of aromatic hydroxyl groups is 1. The number of benzene rings is 2. The molecule has 3 aliphatic carbocycles. The molecule has 3 atom stereocenters. The maximum Gasteiger partial charge on any atom is 0.412 e. The molecule has 0 bridgehead atoms. The number of nitrogens with zero attached hydrogens (tertiary/aromatic N) is 1. The lowest BCUT2D eigenvalue weighted by atomic mass is 9.55. The van der Waals surface area contributed by atoms with Crippen LogP contribution in [0, 0.1) is 24.2 Å². The van der Waals surface area contributed by atoms with Gasteiger partial charge in [-0.2, -0.15) is 0 Å². The molecule has 220 valence electrons. The number of ketones is 2. The van der Waals surface area contributed by atoms with Crippen molar-refractivity contribution < 1.29 is 39.2 Å². The average Bonchev–Trinajstić information content (AvgIpc) is 2.88. The zero-order valence-electron chi connectivity index (χ0n) is 23.8. The summed E-state index contributed by atoms with van der Waals surface area (Å²) in [5, 5.41) is 36.4. The minimum atomic E-state index is -1.21. The zero-order valence-corrected chi connectivity index (χ0v) is 23.8. The van der Waals surface area contributed by atoms with Crippen LogP contribution < -0.4 is 20.7 Å². The number of rotatable bonds is 5. The fourth-order valence-corrected chi connectivity index (χ4v) is 6.62. The third kappa shape index (κ3) is 4.64. The number of aliphatic hydroxyl groups excluding tert-OH is 2. The lowest BCUT2D eigenvalue weighted by Crippen LogP contribution is -2.48. The van der Waals surface area contributed by atoms with Crippen LogP contribution in [0.5, 0.6) is 11.5 Å². The van der Waals surface area contributed by atoms with Crippen molar-refractivity contribution >= 4 is 35.0 Å². The molecule has 6 N–H and O–H groups in total. The van der Waals surface area contributed by atoms with Crippen molar-refractivity contribution in [3.05, 3.63) is 69.5 Å². The molecule has 0 spiro atoms. The van der Waals surface area contributed by atoms with Crippen LogP contribution in [0.25, 0.3) is 5.76 Å². The number of amides is 2. The summed E-state index contributed by atoms with van der Waals surface area (Å²) in [6.07, 6.45) is -0.358. The van der Waals surface area contributed by atoms with E-state index in [1.54, 1.807) is 56.3 Å². The largest absolute Gasteiger partial charge is 0.511 e. The van der Waals surface area contributed by atoms with Gasteiger partial charge in [0.1, 0.15) is 28.6 Å². The van der Waals surface area contributed by atoms with Crippen LogP contribution in [0.1, 0.15) is 42.0 Å². The summed E-state index contributed by atoms with van der Waals surface area (Å²) in [5.74, 6) is -5.25. The second-order valence-electron chi connectivity index (χ2n) is 11.7. The number of aryl methyl sites for hydroxylation is 1. The predicted molar refractivity (Wildman–Crippen MR) is 153 cm³/mol. The van der Waals surface area contributed by atoms with Crippen LogP contribution >= 0.6 is 0 Å². The van der Waals surface area contributed by atoms with Crippen LogP contribution in [-0.2, 0) is 27.3 Å². The first-order chi connectivity index (χ1) is 19.7. The SMILES string of the molecule is Cc1ccc(OC(=O)NCc2cc(N(C)C)c3c(c2O)C(O)=C2C(=O)C4C(O)=C(C(N)=O)C(=O)CC4CC2(C)C3)cc1. The molecule has 2 aromatic carbocycles. The number of nitrogens with one attached hydrogen (secondary N) is 1. The maximum atomic E-state index is 13.9. The van der Waals surface area contributed by atoms with Gasteiger partial charge in [-0.15, -0.1) is 0 Å². The van der Waals surface area contributed by atoms with Gasteiger partial charge in [0, 0.05) is 49.3 Å². The molecule has 0 radical (unpaired) electrons. The van der Waals surface area contributed by atoms with Crippen molar-refractivity contribution in [2.24, 2.45) is 23.0 Å². The van der Waals surface area contributed by atoms with Crippen LogP contribution in [0.3, 0.4) is 0 Å². The van der Waals surface area contributed by atoms with Crippen molar-refractivity contribution in [2.75, 3.05) is 19.0 Å². The van der Waals surface area contributed by atoms with Crippen LogP contribution in [-0.4, -0.2) is 53.0 Å². The molecule has 0 saturated heterocycles. The summed E-state index contributed by atoms with van der Waals surface area (Å²) in [6, 6.07) is 8.62. The third-order valence-electron chi connectivity index (χ3n) is 8.48. The number of allylic oxidation sites excluding steroid dienone is 2. The number of ether oxygens (including phenoxy) is 1. The van der Waals surface area contributed by atoms with E-state index in [0.29, 0.717) is 17.0 Å². The first kappa shape index (κ1) is 28.7. The molecule has 2 amide bonds. The number of nitrogens with two attached hydrogens (primary N) is 1. The van der Waals surface area contributed by atoms with Crippen LogP contribution in [0.2, 0.25) is 0 Å². The van der Waals surface area contributed by atoms with E-state index in [2.05, 4.69) is 5.32 Å². The molecule has 1 saturated carbocycles. The Labute approximate surface area is 242 Å². The fraction of sp³-hybridized carbons (Fsp3) is 0.355. The molecule has 0 aliphatic heterocycles. The second-order valence-corrected chi connectivity index (χ2v) is 11.7. The van der Waals surface area contributed by atoms with E-state index in [1.807, 2.05) is 6.92 Å². The summed E-state index contributed by atoms with van der Waals surface area (Å²) >= 11 is 0. The number of hydrogen-bond donors (Lipinski definition) is 5. The second kappa shape index (κ2) is 10.2. The summed E-state index contributed by atoms with van der Waals surface area (Å²) in [6.45, 7) is 3.57. The molecule has 5 rings (SSSR count). The number of carbonyl (C=O) groups excluding carboxylic acids is 4. The van der Waals surface area contributed by atoms with E-state index in [-0.39, 0.29) is 48.3 Å². The van der Waals surface area contributed by atoms with Gasteiger partial charge in [0.05, 0.1) is 11.5 Å². The van der Waals surface area contributed by atoms with E-state index in [9.17, 15) is 34.5 Å².